The van der Waals surface area contributed by atoms with Crippen LogP contribution in [0.25, 0.3) is 0 Å². The number of hydrogen-bond donors (Lipinski definition) is 4. The molecule has 31 heavy (non-hydrogen) atoms. The van der Waals surface area contributed by atoms with Crippen LogP contribution >= 0.6 is 11.8 Å². The number of piperidine rings is 1. The summed E-state index contributed by atoms with van der Waals surface area (Å²) in [5, 5.41) is 13.7. The van der Waals surface area contributed by atoms with Crippen molar-refractivity contribution in [2.75, 3.05) is 39.0 Å². The van der Waals surface area contributed by atoms with E-state index in [-0.39, 0.29) is 11.9 Å². The molecule has 3 aliphatic heterocycles. The highest BCUT2D eigenvalue weighted by atomic mass is 32.2. The summed E-state index contributed by atoms with van der Waals surface area (Å²) in [5.41, 5.74) is 0. The van der Waals surface area contributed by atoms with Crippen LogP contribution in [0.5, 0.6) is 0 Å². The van der Waals surface area contributed by atoms with Crippen LogP contribution in [0.3, 0.4) is 0 Å². The van der Waals surface area contributed by atoms with Crippen molar-refractivity contribution in [1.82, 2.24) is 26.2 Å². The molecule has 3 rings (SSSR count). The number of carbonyl (C=O) groups excluding carboxylic acids is 2. The van der Waals surface area contributed by atoms with E-state index in [1.807, 2.05) is 18.8 Å². The number of rotatable bonds is 11. The molecule has 4 atom stereocenters. The Balaban J connectivity index is 1.20. The molecule has 0 radical (unpaired) electrons. The van der Waals surface area contributed by atoms with Gasteiger partial charge in [-0.2, -0.15) is 0 Å². The average Bonchev–Trinajstić information content (AvgIpc) is 3.41. The lowest BCUT2D eigenvalue weighted by Gasteiger charge is -2.32. The van der Waals surface area contributed by atoms with Gasteiger partial charge >= 0.3 is 0 Å². The lowest BCUT2D eigenvalue weighted by molar-refractivity contribution is -0.133. The Morgan fingerprint density at radius 1 is 1.00 bits per heavy atom. The number of amides is 2. The molecule has 3 saturated heterocycles. The van der Waals surface area contributed by atoms with Crippen molar-refractivity contribution in [2.45, 2.75) is 88.2 Å². The maximum Gasteiger partial charge on any atom is 0.237 e. The van der Waals surface area contributed by atoms with E-state index in [4.69, 9.17) is 0 Å². The maximum absolute atomic E-state index is 12.5. The summed E-state index contributed by atoms with van der Waals surface area (Å²) in [4.78, 5) is 27.0. The first-order chi connectivity index (χ1) is 15.0. The molecule has 3 fully saturated rings. The molecule has 7 nitrogen and oxygen atoms in total. The predicted molar refractivity (Wildman–Crippen MR) is 128 cm³/mol. The molecule has 4 N–H and O–H groups in total. The van der Waals surface area contributed by atoms with E-state index < -0.39 is 0 Å². The predicted octanol–water partition coefficient (Wildman–Crippen LogP) is 1.68. The first-order valence-electron chi connectivity index (χ1n) is 12.4. The van der Waals surface area contributed by atoms with E-state index in [0.717, 1.165) is 82.8 Å². The number of likely N-dealkylation sites (tertiary alicyclic amines) is 1. The number of unbranched alkanes of at least 4 members (excludes halogenated alkanes) is 1. The van der Waals surface area contributed by atoms with Crippen molar-refractivity contribution in [3.63, 3.8) is 0 Å². The molecule has 0 spiro atoms. The molecule has 0 saturated carbocycles. The molecule has 0 aliphatic carbocycles. The van der Waals surface area contributed by atoms with Crippen LogP contribution in [0.2, 0.25) is 0 Å². The van der Waals surface area contributed by atoms with Crippen LogP contribution in [-0.2, 0) is 9.59 Å². The normalized spacial score (nSPS) is 29.4. The summed E-state index contributed by atoms with van der Waals surface area (Å²) < 4.78 is 0. The average molecular weight is 454 g/mol. The standard InChI is InChI=1S/C23H43N5O2S/c1-17-26-20(16-31-17)15-22(29)28-13-9-18(10-14-28)5-3-4-11-25-23(30)21-7-6-19(27-21)8-12-24-2/h17-21,24,26-27H,3-16H2,1-2H3,(H,25,30). The molecule has 4 unspecified atom stereocenters. The van der Waals surface area contributed by atoms with Gasteiger partial charge in [0.15, 0.2) is 0 Å². The molecule has 8 heteroatoms. The lowest BCUT2D eigenvalue weighted by Crippen LogP contribution is -2.43. The number of thioether (sulfide) groups is 1. The van der Waals surface area contributed by atoms with Gasteiger partial charge in [0, 0.05) is 43.9 Å². The fourth-order valence-corrected chi connectivity index (χ4v) is 6.11. The molecule has 2 amide bonds. The van der Waals surface area contributed by atoms with Crippen LogP contribution in [0.15, 0.2) is 0 Å². The quantitative estimate of drug-likeness (QED) is 0.356. The Morgan fingerprint density at radius 3 is 2.52 bits per heavy atom. The fourth-order valence-electron chi connectivity index (χ4n) is 5.08. The van der Waals surface area contributed by atoms with Gasteiger partial charge in [0.25, 0.3) is 0 Å². The summed E-state index contributed by atoms with van der Waals surface area (Å²) in [7, 11) is 1.97. The highest BCUT2D eigenvalue weighted by Gasteiger charge is 2.29. The van der Waals surface area contributed by atoms with Crippen LogP contribution in [-0.4, -0.2) is 79.2 Å². The first kappa shape index (κ1) is 24.8. The second kappa shape index (κ2) is 13.0. The first-order valence-corrected chi connectivity index (χ1v) is 13.4. The summed E-state index contributed by atoms with van der Waals surface area (Å²) in [6.07, 6.45) is 9.44. The second-order valence-corrected chi connectivity index (χ2v) is 10.9. The van der Waals surface area contributed by atoms with Crippen molar-refractivity contribution >= 4 is 23.6 Å². The van der Waals surface area contributed by atoms with Gasteiger partial charge in [-0.25, -0.2) is 0 Å². The van der Waals surface area contributed by atoms with Crippen molar-refractivity contribution in [2.24, 2.45) is 5.92 Å². The fraction of sp³-hybridized carbons (Fsp3) is 0.913. The summed E-state index contributed by atoms with van der Waals surface area (Å²) in [6.45, 7) is 5.77. The summed E-state index contributed by atoms with van der Waals surface area (Å²) >= 11 is 1.90. The van der Waals surface area contributed by atoms with Gasteiger partial charge in [-0.3, -0.25) is 9.59 Å². The van der Waals surface area contributed by atoms with Crippen molar-refractivity contribution in [3.05, 3.63) is 0 Å². The monoisotopic (exact) mass is 453 g/mol. The van der Waals surface area contributed by atoms with E-state index in [1.165, 1.54) is 6.42 Å². The highest BCUT2D eigenvalue weighted by molar-refractivity contribution is 8.00. The van der Waals surface area contributed by atoms with Gasteiger partial charge in [0.2, 0.25) is 11.8 Å². The third-order valence-electron chi connectivity index (χ3n) is 7.04. The van der Waals surface area contributed by atoms with E-state index >= 15 is 0 Å². The van der Waals surface area contributed by atoms with Gasteiger partial charge in [-0.05, 0) is 65.0 Å². The number of nitrogens with zero attached hydrogens (tertiary/aromatic N) is 1. The Kier molecular flexibility index (Phi) is 10.4. The zero-order valence-corrected chi connectivity index (χ0v) is 20.3. The second-order valence-electron chi connectivity index (χ2n) is 9.54. The lowest BCUT2D eigenvalue weighted by atomic mass is 9.91. The third-order valence-corrected chi connectivity index (χ3v) is 8.28. The van der Waals surface area contributed by atoms with Gasteiger partial charge in [-0.15, -0.1) is 11.8 Å². The number of nitrogens with one attached hydrogen (secondary N) is 4. The van der Waals surface area contributed by atoms with Crippen LogP contribution < -0.4 is 21.3 Å². The van der Waals surface area contributed by atoms with Gasteiger partial charge in [0.1, 0.15) is 0 Å². The van der Waals surface area contributed by atoms with Crippen molar-refractivity contribution < 1.29 is 9.59 Å². The van der Waals surface area contributed by atoms with Gasteiger partial charge < -0.3 is 26.2 Å². The largest absolute Gasteiger partial charge is 0.355 e. The Bertz CT molecular complexity index is 570. The topological polar surface area (TPSA) is 85.5 Å². The molecular weight excluding hydrogens is 410 g/mol. The van der Waals surface area contributed by atoms with Crippen molar-refractivity contribution in [1.29, 1.82) is 0 Å². The number of carbonyl (C=O) groups is 2. The summed E-state index contributed by atoms with van der Waals surface area (Å²) in [6, 6.07) is 0.807. The third kappa shape index (κ3) is 8.22. The van der Waals surface area contributed by atoms with E-state index in [0.29, 0.717) is 29.8 Å². The Labute approximate surface area is 192 Å². The van der Waals surface area contributed by atoms with E-state index in [9.17, 15) is 9.59 Å². The smallest absolute Gasteiger partial charge is 0.237 e. The molecule has 0 bridgehead atoms. The molecule has 0 aromatic carbocycles. The molecule has 3 aliphatic rings. The van der Waals surface area contributed by atoms with Crippen LogP contribution in [0.1, 0.15) is 64.7 Å². The molecule has 3 heterocycles. The minimum absolute atomic E-state index is 0.00930. The van der Waals surface area contributed by atoms with Crippen LogP contribution in [0, 0.1) is 5.92 Å². The zero-order chi connectivity index (χ0) is 22.1. The van der Waals surface area contributed by atoms with Crippen molar-refractivity contribution in [3.8, 4) is 0 Å². The maximum atomic E-state index is 12.5. The minimum atomic E-state index is -0.00930. The zero-order valence-electron chi connectivity index (χ0n) is 19.5. The molecule has 0 aromatic heterocycles. The molecular formula is C23H43N5O2S. The van der Waals surface area contributed by atoms with Gasteiger partial charge in [-0.1, -0.05) is 12.8 Å². The van der Waals surface area contributed by atoms with Gasteiger partial charge in [0.05, 0.1) is 11.4 Å². The number of hydrogen-bond acceptors (Lipinski definition) is 6. The Morgan fingerprint density at radius 2 is 1.81 bits per heavy atom. The van der Waals surface area contributed by atoms with E-state index in [2.05, 4.69) is 33.1 Å². The highest BCUT2D eigenvalue weighted by Crippen LogP contribution is 2.25. The van der Waals surface area contributed by atoms with Crippen LogP contribution in [0.4, 0.5) is 0 Å². The SMILES string of the molecule is CNCCC1CCC(C(=O)NCCCCC2CCN(C(=O)CC3CSC(C)N3)CC2)N1. The Hall–Kier alpha value is -0.830. The molecule has 178 valence electrons. The minimum Gasteiger partial charge on any atom is -0.355 e. The summed E-state index contributed by atoms with van der Waals surface area (Å²) in [5.74, 6) is 2.27. The molecule has 0 aromatic rings. The van der Waals surface area contributed by atoms with E-state index in [1.54, 1.807) is 0 Å².